The summed E-state index contributed by atoms with van der Waals surface area (Å²) in [5, 5.41) is 11.7. The van der Waals surface area contributed by atoms with Gasteiger partial charge in [0.2, 0.25) is 0 Å². The second kappa shape index (κ2) is 7.42. The molecule has 0 aliphatic carbocycles. The van der Waals surface area contributed by atoms with E-state index in [1.165, 1.54) is 19.2 Å². The van der Waals surface area contributed by atoms with Crippen LogP contribution in [0.25, 0.3) is 0 Å². The van der Waals surface area contributed by atoms with Gasteiger partial charge in [0, 0.05) is 20.8 Å². The van der Waals surface area contributed by atoms with Gasteiger partial charge in [0.25, 0.3) is 0 Å². The predicted molar refractivity (Wildman–Crippen MR) is 72.2 cm³/mol. The molecule has 0 amide bonds. The van der Waals surface area contributed by atoms with Gasteiger partial charge in [-0.2, -0.15) is 0 Å². The Morgan fingerprint density at radius 3 is 2.74 bits per heavy atom. The molecule has 0 radical (unpaired) electrons. The molecule has 19 heavy (non-hydrogen) atoms. The minimum atomic E-state index is -1.19. The maximum atomic E-state index is 13.9. The second-order valence-corrected chi connectivity index (χ2v) is 4.58. The van der Waals surface area contributed by atoms with Crippen molar-refractivity contribution in [2.45, 2.75) is 6.10 Å². The van der Waals surface area contributed by atoms with E-state index < -0.39 is 11.8 Å². The molecule has 0 fully saturated rings. The van der Waals surface area contributed by atoms with Crippen molar-refractivity contribution in [1.82, 2.24) is 0 Å². The zero-order valence-corrected chi connectivity index (χ0v) is 12.2. The highest BCUT2D eigenvalue weighted by Gasteiger charge is 2.16. The highest BCUT2D eigenvalue weighted by atomic mass is 79.9. The highest BCUT2D eigenvalue weighted by molar-refractivity contribution is 9.10. The van der Waals surface area contributed by atoms with Crippen LogP contribution in [-0.4, -0.2) is 44.6 Å². The smallest absolute Gasteiger partial charge is 0.336 e. The third kappa shape index (κ3) is 4.15. The summed E-state index contributed by atoms with van der Waals surface area (Å²) < 4.78 is 23.9. The number of carboxylic acids is 1. The van der Waals surface area contributed by atoms with Gasteiger partial charge in [-0.15, -0.1) is 0 Å². The summed E-state index contributed by atoms with van der Waals surface area (Å²) in [5.41, 5.74) is 0.0817. The fourth-order valence-electron chi connectivity index (χ4n) is 1.47. The van der Waals surface area contributed by atoms with Crippen molar-refractivity contribution in [2.75, 3.05) is 32.7 Å². The first-order chi connectivity index (χ1) is 9.01. The standard InChI is InChI=1S/C12H15BrFNO4/c1-18-6-7(19-2)5-15-9-4-3-8(12(16)17)10(13)11(9)14/h3-4,7,15H,5-6H2,1-2H3,(H,16,17). The number of hydrogen-bond acceptors (Lipinski definition) is 4. The summed E-state index contributed by atoms with van der Waals surface area (Å²) in [4.78, 5) is 10.8. The lowest BCUT2D eigenvalue weighted by molar-refractivity contribution is 0.0365. The summed E-state index contributed by atoms with van der Waals surface area (Å²) >= 11 is 2.93. The van der Waals surface area contributed by atoms with Gasteiger partial charge in [-0.25, -0.2) is 9.18 Å². The average Bonchev–Trinajstić information content (AvgIpc) is 2.38. The van der Waals surface area contributed by atoms with Gasteiger partial charge in [0.15, 0.2) is 5.82 Å². The fraction of sp³-hybridized carbons (Fsp3) is 0.417. The lowest BCUT2D eigenvalue weighted by atomic mass is 10.2. The van der Waals surface area contributed by atoms with E-state index in [9.17, 15) is 9.18 Å². The Kier molecular flexibility index (Phi) is 6.20. The summed E-state index contributed by atoms with van der Waals surface area (Å²) in [5.74, 6) is -1.83. The number of benzene rings is 1. The maximum Gasteiger partial charge on any atom is 0.336 e. The molecule has 0 saturated heterocycles. The molecular formula is C12H15BrFNO4. The van der Waals surface area contributed by atoms with Crippen molar-refractivity contribution >= 4 is 27.6 Å². The predicted octanol–water partition coefficient (Wildman–Crippen LogP) is 2.36. The van der Waals surface area contributed by atoms with Crippen LogP contribution in [0, 0.1) is 5.82 Å². The molecule has 5 nitrogen and oxygen atoms in total. The first-order valence-electron chi connectivity index (χ1n) is 5.48. The van der Waals surface area contributed by atoms with E-state index >= 15 is 0 Å². The molecule has 0 aliphatic heterocycles. The second-order valence-electron chi connectivity index (χ2n) is 3.79. The molecule has 2 N–H and O–H groups in total. The average molecular weight is 336 g/mol. The normalized spacial score (nSPS) is 12.2. The first-order valence-corrected chi connectivity index (χ1v) is 6.27. The molecule has 0 bridgehead atoms. The summed E-state index contributed by atoms with van der Waals surface area (Å²) in [6.45, 7) is 0.722. The molecule has 1 rings (SSSR count). The number of carboxylic acid groups (broad SMARTS) is 1. The van der Waals surface area contributed by atoms with E-state index in [1.807, 2.05) is 0 Å². The van der Waals surface area contributed by atoms with Gasteiger partial charge >= 0.3 is 5.97 Å². The van der Waals surface area contributed by atoms with Crippen LogP contribution in [0.5, 0.6) is 0 Å². The van der Waals surface area contributed by atoms with Crippen LogP contribution < -0.4 is 5.32 Å². The summed E-state index contributed by atoms with van der Waals surface area (Å²) in [6, 6.07) is 2.71. The minimum Gasteiger partial charge on any atom is -0.478 e. The molecule has 106 valence electrons. The number of rotatable bonds is 7. The Labute approximate surface area is 118 Å². The van der Waals surface area contributed by atoms with Gasteiger partial charge < -0.3 is 19.9 Å². The van der Waals surface area contributed by atoms with Crippen LogP contribution in [0.4, 0.5) is 10.1 Å². The Morgan fingerprint density at radius 2 is 2.21 bits per heavy atom. The van der Waals surface area contributed by atoms with Gasteiger partial charge in [-0.3, -0.25) is 0 Å². The first kappa shape index (κ1) is 15.9. The van der Waals surface area contributed by atoms with Crippen molar-refractivity contribution in [3.05, 3.63) is 28.0 Å². The lowest BCUT2D eigenvalue weighted by Crippen LogP contribution is -2.27. The third-order valence-corrected chi connectivity index (χ3v) is 3.29. The fourth-order valence-corrected chi connectivity index (χ4v) is 1.99. The Hall–Kier alpha value is -1.18. The number of methoxy groups -OCH3 is 2. The minimum absolute atomic E-state index is 0.0780. The molecule has 1 atom stereocenters. The molecular weight excluding hydrogens is 321 g/mol. The van der Waals surface area contributed by atoms with Gasteiger partial charge in [0.1, 0.15) is 0 Å². The SMILES string of the molecule is COCC(CNc1ccc(C(=O)O)c(Br)c1F)OC. The summed E-state index contributed by atoms with van der Waals surface area (Å²) in [6.07, 6.45) is -0.220. The van der Waals surface area contributed by atoms with Crippen molar-refractivity contribution in [3.8, 4) is 0 Å². The maximum absolute atomic E-state index is 13.9. The lowest BCUT2D eigenvalue weighted by Gasteiger charge is -2.16. The van der Waals surface area contributed by atoms with Gasteiger partial charge in [-0.05, 0) is 28.1 Å². The van der Waals surface area contributed by atoms with Crippen LogP contribution in [0.3, 0.4) is 0 Å². The van der Waals surface area contributed by atoms with Crippen LogP contribution in [0.2, 0.25) is 0 Å². The molecule has 1 aromatic carbocycles. The number of anilines is 1. The Balaban J connectivity index is 2.80. The molecule has 7 heteroatoms. The van der Waals surface area contributed by atoms with Crippen LogP contribution in [0.15, 0.2) is 16.6 Å². The van der Waals surface area contributed by atoms with Crippen molar-refractivity contribution < 1.29 is 23.8 Å². The molecule has 0 heterocycles. The quantitative estimate of drug-likeness (QED) is 0.800. The number of hydrogen-bond donors (Lipinski definition) is 2. The number of ether oxygens (including phenoxy) is 2. The van der Waals surface area contributed by atoms with E-state index in [-0.39, 0.29) is 21.8 Å². The van der Waals surface area contributed by atoms with Crippen LogP contribution >= 0.6 is 15.9 Å². The van der Waals surface area contributed by atoms with Gasteiger partial charge in [-0.1, -0.05) is 0 Å². The highest BCUT2D eigenvalue weighted by Crippen LogP contribution is 2.27. The van der Waals surface area contributed by atoms with Crippen molar-refractivity contribution in [2.24, 2.45) is 0 Å². The molecule has 0 spiro atoms. The molecule has 0 aliphatic rings. The Morgan fingerprint density at radius 1 is 1.53 bits per heavy atom. The number of halogens is 2. The zero-order chi connectivity index (χ0) is 14.4. The monoisotopic (exact) mass is 335 g/mol. The number of carbonyl (C=O) groups is 1. The largest absolute Gasteiger partial charge is 0.478 e. The topological polar surface area (TPSA) is 67.8 Å². The Bertz CT molecular complexity index is 456. The molecule has 1 aromatic rings. The number of nitrogens with one attached hydrogen (secondary N) is 1. The number of aromatic carboxylic acids is 1. The van der Waals surface area contributed by atoms with Crippen LogP contribution in [0.1, 0.15) is 10.4 Å². The van der Waals surface area contributed by atoms with Crippen LogP contribution in [-0.2, 0) is 9.47 Å². The van der Waals surface area contributed by atoms with E-state index in [4.69, 9.17) is 14.6 Å². The zero-order valence-electron chi connectivity index (χ0n) is 10.6. The summed E-state index contributed by atoms with van der Waals surface area (Å²) in [7, 11) is 3.08. The van der Waals surface area contributed by atoms with E-state index in [1.54, 1.807) is 7.11 Å². The van der Waals surface area contributed by atoms with Gasteiger partial charge in [0.05, 0.1) is 28.4 Å². The van der Waals surface area contributed by atoms with E-state index in [0.717, 1.165) is 0 Å². The molecule has 0 aromatic heterocycles. The molecule has 0 saturated carbocycles. The van der Waals surface area contributed by atoms with Crippen molar-refractivity contribution in [1.29, 1.82) is 0 Å². The van der Waals surface area contributed by atoms with E-state index in [0.29, 0.717) is 13.2 Å². The molecule has 1 unspecified atom stereocenters. The third-order valence-electron chi connectivity index (χ3n) is 2.52. The van der Waals surface area contributed by atoms with Crippen molar-refractivity contribution in [3.63, 3.8) is 0 Å². The van der Waals surface area contributed by atoms with E-state index in [2.05, 4.69) is 21.2 Å².